The van der Waals surface area contributed by atoms with Gasteiger partial charge in [-0.1, -0.05) is 54.1 Å². The van der Waals surface area contributed by atoms with Gasteiger partial charge in [-0.2, -0.15) is 5.10 Å². The van der Waals surface area contributed by atoms with Gasteiger partial charge in [0.15, 0.2) is 0 Å². The van der Waals surface area contributed by atoms with Crippen LogP contribution in [0, 0.1) is 0 Å². The molecule has 3 aromatic rings. The molecule has 0 aromatic heterocycles. The molecular weight excluding hydrogens is 364 g/mol. The molecule has 6 heteroatoms. The second-order valence-corrected chi connectivity index (χ2v) is 6.04. The number of para-hydroxylation sites is 2. The summed E-state index contributed by atoms with van der Waals surface area (Å²) in [5.74, 6) is 0.00506. The van der Waals surface area contributed by atoms with E-state index in [-0.39, 0.29) is 11.3 Å². The van der Waals surface area contributed by atoms with Crippen molar-refractivity contribution in [2.45, 2.75) is 6.61 Å². The van der Waals surface area contributed by atoms with Gasteiger partial charge in [0, 0.05) is 16.1 Å². The summed E-state index contributed by atoms with van der Waals surface area (Å²) >= 11 is 6.15. The van der Waals surface area contributed by atoms with Crippen molar-refractivity contribution in [3.63, 3.8) is 0 Å². The fourth-order valence-electron chi connectivity index (χ4n) is 2.38. The molecule has 3 rings (SSSR count). The summed E-state index contributed by atoms with van der Waals surface area (Å²) in [4.78, 5) is 12.1. The molecule has 0 fully saturated rings. The molecule has 0 aliphatic carbocycles. The third-order valence-corrected chi connectivity index (χ3v) is 4.15. The summed E-state index contributed by atoms with van der Waals surface area (Å²) < 4.78 is 5.84. The molecule has 0 bridgehead atoms. The van der Waals surface area contributed by atoms with Gasteiger partial charge in [0.25, 0.3) is 5.91 Å². The Bertz CT molecular complexity index is 973. The Morgan fingerprint density at radius 3 is 2.56 bits per heavy atom. The number of hydrogen-bond donors (Lipinski definition) is 2. The van der Waals surface area contributed by atoms with Crippen molar-refractivity contribution in [1.29, 1.82) is 0 Å². The minimum absolute atomic E-state index is 0.103. The first-order valence-corrected chi connectivity index (χ1v) is 8.59. The molecule has 0 unspecified atom stereocenters. The van der Waals surface area contributed by atoms with Crippen LogP contribution in [0.5, 0.6) is 11.5 Å². The van der Waals surface area contributed by atoms with Crippen LogP contribution in [0.15, 0.2) is 77.9 Å². The van der Waals surface area contributed by atoms with Crippen LogP contribution in [0.1, 0.15) is 21.5 Å². The van der Waals surface area contributed by atoms with E-state index in [0.717, 1.165) is 5.56 Å². The molecule has 3 aromatic carbocycles. The van der Waals surface area contributed by atoms with Gasteiger partial charge in [-0.3, -0.25) is 4.79 Å². The maximum atomic E-state index is 12.1. The zero-order valence-electron chi connectivity index (χ0n) is 14.3. The largest absolute Gasteiger partial charge is 0.507 e. The Morgan fingerprint density at radius 1 is 1.04 bits per heavy atom. The second kappa shape index (κ2) is 8.87. The van der Waals surface area contributed by atoms with Gasteiger partial charge >= 0.3 is 0 Å². The lowest BCUT2D eigenvalue weighted by atomic mass is 10.2. The van der Waals surface area contributed by atoms with Crippen LogP contribution < -0.4 is 10.2 Å². The first-order valence-electron chi connectivity index (χ1n) is 8.22. The third-order valence-electron chi connectivity index (χ3n) is 3.78. The molecule has 0 aliphatic rings. The van der Waals surface area contributed by atoms with Crippen LogP contribution in [-0.2, 0) is 6.61 Å². The first-order chi connectivity index (χ1) is 13.1. The lowest BCUT2D eigenvalue weighted by Gasteiger charge is -2.10. The summed E-state index contributed by atoms with van der Waals surface area (Å²) in [6.45, 7) is 0.314. The van der Waals surface area contributed by atoms with Crippen molar-refractivity contribution in [2.24, 2.45) is 5.10 Å². The fraction of sp³-hybridized carbons (Fsp3) is 0.0476. The van der Waals surface area contributed by atoms with Crippen LogP contribution in [0.3, 0.4) is 0 Å². The number of nitrogens with zero attached hydrogens (tertiary/aromatic N) is 1. The number of carbonyl (C=O) groups is 1. The van der Waals surface area contributed by atoms with Gasteiger partial charge in [0.05, 0.1) is 11.8 Å². The summed E-state index contributed by atoms with van der Waals surface area (Å²) in [5, 5.41) is 14.3. The van der Waals surface area contributed by atoms with E-state index in [0.29, 0.717) is 22.9 Å². The number of aromatic hydroxyl groups is 1. The van der Waals surface area contributed by atoms with Gasteiger partial charge in [0.2, 0.25) is 0 Å². The van der Waals surface area contributed by atoms with E-state index in [1.165, 1.54) is 18.3 Å². The van der Waals surface area contributed by atoms with E-state index in [1.54, 1.807) is 12.1 Å². The van der Waals surface area contributed by atoms with Crippen molar-refractivity contribution in [3.8, 4) is 11.5 Å². The average molecular weight is 381 g/mol. The van der Waals surface area contributed by atoms with Crippen molar-refractivity contribution in [3.05, 3.63) is 94.5 Å². The summed E-state index contributed by atoms with van der Waals surface area (Å²) in [6.07, 6.45) is 1.49. The van der Waals surface area contributed by atoms with Crippen LogP contribution in [0.2, 0.25) is 5.02 Å². The lowest BCUT2D eigenvalue weighted by Crippen LogP contribution is -2.17. The average Bonchev–Trinajstić information content (AvgIpc) is 2.68. The van der Waals surface area contributed by atoms with E-state index < -0.39 is 5.91 Å². The Balaban J connectivity index is 1.67. The smallest absolute Gasteiger partial charge is 0.275 e. The number of hydrazone groups is 1. The number of carbonyl (C=O) groups excluding carboxylic acids is 1. The number of amides is 1. The van der Waals surface area contributed by atoms with E-state index >= 15 is 0 Å². The predicted molar refractivity (Wildman–Crippen MR) is 105 cm³/mol. The van der Waals surface area contributed by atoms with Crippen molar-refractivity contribution in [2.75, 3.05) is 0 Å². The minimum Gasteiger partial charge on any atom is -0.507 e. The number of phenols is 1. The molecule has 27 heavy (non-hydrogen) atoms. The number of nitrogens with one attached hydrogen (secondary N) is 1. The van der Waals surface area contributed by atoms with E-state index in [9.17, 15) is 9.90 Å². The molecule has 5 nitrogen and oxygen atoms in total. The highest BCUT2D eigenvalue weighted by atomic mass is 35.5. The Hall–Kier alpha value is -3.31. The van der Waals surface area contributed by atoms with Crippen LogP contribution in [0.25, 0.3) is 0 Å². The number of ether oxygens (including phenoxy) is 1. The van der Waals surface area contributed by atoms with Gasteiger partial charge in [-0.15, -0.1) is 0 Å². The van der Waals surface area contributed by atoms with Gasteiger partial charge in [0.1, 0.15) is 18.1 Å². The lowest BCUT2D eigenvalue weighted by molar-refractivity contribution is 0.0952. The highest BCUT2D eigenvalue weighted by Gasteiger charge is 2.09. The van der Waals surface area contributed by atoms with Crippen molar-refractivity contribution in [1.82, 2.24) is 5.43 Å². The molecular formula is C21H17ClN2O3. The maximum absolute atomic E-state index is 12.1. The minimum atomic E-state index is -0.501. The zero-order chi connectivity index (χ0) is 19.1. The zero-order valence-corrected chi connectivity index (χ0v) is 15.1. The molecule has 136 valence electrons. The fourth-order valence-corrected chi connectivity index (χ4v) is 2.57. The normalized spacial score (nSPS) is 10.7. The molecule has 0 aliphatic heterocycles. The molecule has 0 radical (unpaired) electrons. The van der Waals surface area contributed by atoms with Crippen LogP contribution in [0.4, 0.5) is 0 Å². The number of rotatable bonds is 6. The van der Waals surface area contributed by atoms with E-state index in [4.69, 9.17) is 16.3 Å². The number of benzene rings is 3. The summed E-state index contributed by atoms with van der Waals surface area (Å²) in [5.41, 5.74) is 4.11. The van der Waals surface area contributed by atoms with Gasteiger partial charge < -0.3 is 9.84 Å². The highest BCUT2D eigenvalue weighted by molar-refractivity contribution is 6.31. The standard InChI is InChI=1S/C21H17ClN2O3/c22-18-10-4-1-8-16(18)14-27-20-12-6-2-7-15(20)13-23-24-21(26)17-9-3-5-11-19(17)25/h1-13,25H,14H2,(H,24,26)/b23-13-. The molecule has 1 amide bonds. The highest BCUT2D eigenvalue weighted by Crippen LogP contribution is 2.21. The number of phenolic OH excluding ortho intramolecular Hbond substituents is 1. The van der Waals surface area contributed by atoms with Crippen LogP contribution >= 0.6 is 11.6 Å². The number of hydrogen-bond acceptors (Lipinski definition) is 4. The SMILES string of the molecule is O=C(N/N=C\c1ccccc1OCc1ccccc1Cl)c1ccccc1O. The Morgan fingerprint density at radius 2 is 1.74 bits per heavy atom. The van der Waals surface area contributed by atoms with Crippen LogP contribution in [-0.4, -0.2) is 17.2 Å². The Kier molecular flexibility index (Phi) is 6.07. The quantitative estimate of drug-likeness (QED) is 0.492. The van der Waals surface area contributed by atoms with Crippen molar-refractivity contribution < 1.29 is 14.6 Å². The second-order valence-electron chi connectivity index (χ2n) is 5.63. The predicted octanol–water partition coefficient (Wildman–Crippen LogP) is 4.39. The monoisotopic (exact) mass is 380 g/mol. The molecule has 0 spiro atoms. The molecule has 0 heterocycles. The van der Waals surface area contributed by atoms with E-state index in [2.05, 4.69) is 10.5 Å². The molecule has 0 saturated carbocycles. The van der Waals surface area contributed by atoms with E-state index in [1.807, 2.05) is 48.5 Å². The molecule has 0 atom stereocenters. The summed E-state index contributed by atoms with van der Waals surface area (Å²) in [7, 11) is 0. The molecule has 2 N–H and O–H groups in total. The first kappa shape index (κ1) is 18.5. The Labute approximate surface area is 161 Å². The number of halogens is 1. The molecule has 0 saturated heterocycles. The summed E-state index contributed by atoms with van der Waals surface area (Å²) in [6, 6.07) is 21.0. The van der Waals surface area contributed by atoms with Gasteiger partial charge in [-0.05, 0) is 30.3 Å². The van der Waals surface area contributed by atoms with Gasteiger partial charge in [-0.25, -0.2) is 5.43 Å². The maximum Gasteiger partial charge on any atom is 0.275 e. The third kappa shape index (κ3) is 4.86. The topological polar surface area (TPSA) is 70.9 Å². The van der Waals surface area contributed by atoms with Crippen molar-refractivity contribution >= 4 is 23.7 Å².